The van der Waals surface area contributed by atoms with Crippen LogP contribution in [0.25, 0.3) is 0 Å². The minimum Gasteiger partial charge on any atom is -0.462 e. The van der Waals surface area contributed by atoms with Gasteiger partial charge in [0.05, 0.1) is 26.4 Å². The standard InChI is InChI=1S/C72H140O17P2/c1-9-65(8)51-43-35-30-31-37-45-53-70(75)83-59-68(89-72(77)55-47-39-29-23-22-26-34-42-50-64(6)7)61-87-91(80,81)85-57-66(73)56-84-90(78,79)86-60-67(58-82-69(74)52-44-36-27-20-17-13-15-19-25-33-41-49-63(4)5)88-71(76)54-46-38-28-21-16-12-10-11-14-18-24-32-40-48-62(2)3/h62-68,73H,9-61H2,1-8H3,(H,78,79)(H,80,81)/t65?,66-,67-,68-/m1/s1. The molecule has 91 heavy (non-hydrogen) atoms. The van der Waals surface area contributed by atoms with Gasteiger partial charge in [-0.15, -0.1) is 0 Å². The Kier molecular flexibility index (Phi) is 60.3. The lowest BCUT2D eigenvalue weighted by molar-refractivity contribution is -0.161. The van der Waals surface area contributed by atoms with E-state index in [2.05, 4.69) is 55.4 Å². The van der Waals surface area contributed by atoms with Crippen LogP contribution >= 0.6 is 15.6 Å². The van der Waals surface area contributed by atoms with Crippen molar-refractivity contribution in [3.8, 4) is 0 Å². The van der Waals surface area contributed by atoms with Crippen molar-refractivity contribution in [3.05, 3.63) is 0 Å². The van der Waals surface area contributed by atoms with Gasteiger partial charge < -0.3 is 33.8 Å². The van der Waals surface area contributed by atoms with Crippen molar-refractivity contribution in [2.45, 2.75) is 375 Å². The zero-order valence-electron chi connectivity index (χ0n) is 59.5. The Morgan fingerprint density at radius 2 is 0.527 bits per heavy atom. The van der Waals surface area contributed by atoms with Crippen LogP contribution in [0.15, 0.2) is 0 Å². The molecular weight excluding hydrogens is 1200 g/mol. The Labute approximate surface area is 556 Å². The molecule has 3 N–H and O–H groups in total. The predicted molar refractivity (Wildman–Crippen MR) is 367 cm³/mol. The zero-order valence-corrected chi connectivity index (χ0v) is 61.3. The molecule has 0 aromatic heterocycles. The molecule has 17 nitrogen and oxygen atoms in total. The van der Waals surface area contributed by atoms with E-state index < -0.39 is 97.5 Å². The third kappa shape index (κ3) is 65.1. The number of phosphoric ester groups is 2. The summed E-state index contributed by atoms with van der Waals surface area (Å²) in [6.45, 7) is 14.1. The summed E-state index contributed by atoms with van der Waals surface area (Å²) in [5.74, 6) is 0.878. The third-order valence-electron chi connectivity index (χ3n) is 16.9. The fourth-order valence-electron chi connectivity index (χ4n) is 10.8. The van der Waals surface area contributed by atoms with Crippen molar-refractivity contribution in [3.63, 3.8) is 0 Å². The molecule has 0 bridgehead atoms. The van der Waals surface area contributed by atoms with E-state index >= 15 is 0 Å². The van der Waals surface area contributed by atoms with Crippen LogP contribution in [0.5, 0.6) is 0 Å². The SMILES string of the molecule is CCC(C)CCCCCCCCC(=O)OC[C@H](COP(=O)(O)OC[C@H](O)COP(=O)(O)OC[C@@H](COC(=O)CCCCCCCCCCCCCC(C)C)OC(=O)CCCCCCCCCCCCCCCC(C)C)OC(=O)CCCCCCCCCCC(C)C. The maximum absolute atomic E-state index is 13.0. The number of aliphatic hydroxyl groups excluding tert-OH is 1. The van der Waals surface area contributed by atoms with Gasteiger partial charge in [-0.3, -0.25) is 37.3 Å². The minimum atomic E-state index is -4.95. The molecular formula is C72H140O17P2. The topological polar surface area (TPSA) is 237 Å². The largest absolute Gasteiger partial charge is 0.472 e. The maximum Gasteiger partial charge on any atom is 0.472 e. The number of rotatable bonds is 69. The Morgan fingerprint density at radius 1 is 0.308 bits per heavy atom. The number of unbranched alkanes of at least 4 members (excludes halogenated alkanes) is 34. The van der Waals surface area contributed by atoms with Gasteiger partial charge in [0.15, 0.2) is 12.2 Å². The number of carbonyl (C=O) groups excluding carboxylic acids is 4. The summed E-state index contributed by atoms with van der Waals surface area (Å²) in [5.41, 5.74) is 0. The van der Waals surface area contributed by atoms with Crippen LogP contribution in [0, 0.1) is 23.7 Å². The van der Waals surface area contributed by atoms with Gasteiger partial charge in [-0.25, -0.2) is 9.13 Å². The normalized spacial score (nSPS) is 14.5. The smallest absolute Gasteiger partial charge is 0.462 e. The highest BCUT2D eigenvalue weighted by molar-refractivity contribution is 7.47. The minimum absolute atomic E-state index is 0.103. The molecule has 0 aromatic rings. The van der Waals surface area contributed by atoms with E-state index in [-0.39, 0.29) is 25.7 Å². The number of esters is 4. The highest BCUT2D eigenvalue weighted by atomic mass is 31.2. The Morgan fingerprint density at radius 3 is 0.780 bits per heavy atom. The van der Waals surface area contributed by atoms with E-state index in [9.17, 15) is 43.2 Å². The van der Waals surface area contributed by atoms with Gasteiger partial charge in [0.1, 0.15) is 19.3 Å². The van der Waals surface area contributed by atoms with Crippen LogP contribution in [-0.4, -0.2) is 96.7 Å². The van der Waals surface area contributed by atoms with Crippen LogP contribution < -0.4 is 0 Å². The molecule has 19 heteroatoms. The predicted octanol–water partition coefficient (Wildman–Crippen LogP) is 20.5. The van der Waals surface area contributed by atoms with Gasteiger partial charge in [-0.2, -0.15) is 0 Å². The second-order valence-corrected chi connectivity index (χ2v) is 30.6. The third-order valence-corrected chi connectivity index (χ3v) is 18.8. The Balaban J connectivity index is 5.26. The highest BCUT2D eigenvalue weighted by Gasteiger charge is 2.30. The lowest BCUT2D eigenvalue weighted by Gasteiger charge is -2.21. The lowest BCUT2D eigenvalue weighted by atomic mass is 10.00. The summed E-state index contributed by atoms with van der Waals surface area (Å²) in [6.07, 6.45) is 44.5. The molecule has 0 saturated carbocycles. The van der Waals surface area contributed by atoms with Crippen LogP contribution in [-0.2, 0) is 65.4 Å². The van der Waals surface area contributed by atoms with Crippen molar-refractivity contribution in [2.75, 3.05) is 39.6 Å². The summed E-state index contributed by atoms with van der Waals surface area (Å²) >= 11 is 0. The molecule has 0 aliphatic rings. The van der Waals surface area contributed by atoms with Crippen LogP contribution in [0.3, 0.4) is 0 Å². The molecule has 0 spiro atoms. The van der Waals surface area contributed by atoms with Crippen LogP contribution in [0.1, 0.15) is 357 Å². The van der Waals surface area contributed by atoms with Crippen molar-refractivity contribution in [2.24, 2.45) is 23.7 Å². The monoisotopic (exact) mass is 1340 g/mol. The summed E-state index contributed by atoms with van der Waals surface area (Å²) < 4.78 is 68.4. The number of aliphatic hydroxyl groups is 1. The van der Waals surface area contributed by atoms with Crippen LogP contribution in [0.4, 0.5) is 0 Å². The molecule has 0 aliphatic heterocycles. The van der Waals surface area contributed by atoms with Crippen molar-refractivity contribution >= 4 is 39.5 Å². The van der Waals surface area contributed by atoms with Gasteiger partial charge in [0.2, 0.25) is 0 Å². The Bertz CT molecular complexity index is 1800. The summed E-state index contributed by atoms with van der Waals surface area (Å²) in [4.78, 5) is 72.6. The molecule has 0 radical (unpaired) electrons. The van der Waals surface area contributed by atoms with Crippen molar-refractivity contribution < 1.29 is 80.2 Å². The van der Waals surface area contributed by atoms with Crippen LogP contribution in [0.2, 0.25) is 0 Å². The number of hydrogen-bond donors (Lipinski definition) is 3. The first-order chi connectivity index (χ1) is 43.6. The number of phosphoric acid groups is 2. The van der Waals surface area contributed by atoms with Crippen molar-refractivity contribution in [1.29, 1.82) is 0 Å². The maximum atomic E-state index is 13.0. The van der Waals surface area contributed by atoms with Gasteiger partial charge in [0.25, 0.3) is 0 Å². The second kappa shape index (κ2) is 61.6. The summed E-state index contributed by atoms with van der Waals surface area (Å²) in [7, 11) is -9.91. The van der Waals surface area contributed by atoms with E-state index in [1.807, 2.05) is 0 Å². The first-order valence-corrected chi connectivity index (χ1v) is 40.2. The summed E-state index contributed by atoms with van der Waals surface area (Å²) in [6, 6.07) is 0. The molecule has 0 heterocycles. The average Bonchev–Trinajstić information content (AvgIpc) is 2.81. The highest BCUT2D eigenvalue weighted by Crippen LogP contribution is 2.45. The molecule has 0 rings (SSSR count). The molecule has 0 fully saturated rings. The molecule has 0 aromatic carbocycles. The molecule has 3 unspecified atom stereocenters. The fraction of sp³-hybridized carbons (Fsp3) is 0.944. The van der Waals surface area contributed by atoms with E-state index in [1.54, 1.807) is 0 Å². The first kappa shape index (κ1) is 89.1. The van der Waals surface area contributed by atoms with E-state index in [4.69, 9.17) is 37.0 Å². The fourth-order valence-corrected chi connectivity index (χ4v) is 12.4. The second-order valence-electron chi connectivity index (χ2n) is 27.6. The number of hydrogen-bond acceptors (Lipinski definition) is 15. The quantitative estimate of drug-likeness (QED) is 0.0222. The van der Waals surface area contributed by atoms with E-state index in [1.165, 1.54) is 154 Å². The summed E-state index contributed by atoms with van der Waals surface area (Å²) in [5, 5.41) is 10.6. The van der Waals surface area contributed by atoms with Crippen molar-refractivity contribution in [1.82, 2.24) is 0 Å². The Hall–Kier alpha value is -1.94. The lowest BCUT2D eigenvalue weighted by Crippen LogP contribution is -2.30. The van der Waals surface area contributed by atoms with Gasteiger partial charge in [-0.05, 0) is 49.4 Å². The van der Waals surface area contributed by atoms with Gasteiger partial charge in [-0.1, -0.05) is 306 Å². The van der Waals surface area contributed by atoms with E-state index in [0.717, 1.165) is 120 Å². The first-order valence-electron chi connectivity index (χ1n) is 37.2. The zero-order chi connectivity index (χ0) is 67.5. The molecule has 6 atom stereocenters. The molecule has 0 saturated heterocycles. The van der Waals surface area contributed by atoms with E-state index in [0.29, 0.717) is 25.7 Å². The van der Waals surface area contributed by atoms with Gasteiger partial charge >= 0.3 is 39.5 Å². The number of carbonyl (C=O) groups is 4. The molecule has 0 amide bonds. The molecule has 540 valence electrons. The average molecular weight is 1340 g/mol. The number of ether oxygens (including phenoxy) is 4. The molecule has 0 aliphatic carbocycles. The van der Waals surface area contributed by atoms with Gasteiger partial charge in [0, 0.05) is 25.7 Å².